The summed E-state index contributed by atoms with van der Waals surface area (Å²) in [5.41, 5.74) is -0.137. The first-order valence-corrected chi connectivity index (χ1v) is 6.18. The fourth-order valence-corrected chi connectivity index (χ4v) is 2.24. The number of aromatic nitrogens is 2. The Hall–Kier alpha value is -2.45. The smallest absolute Gasteiger partial charge is 0.326 e. The molecule has 1 aromatic heterocycles. The second-order valence-corrected chi connectivity index (χ2v) is 4.55. The topological polar surface area (TPSA) is 119 Å². The molecule has 0 radical (unpaired) electrons. The summed E-state index contributed by atoms with van der Waals surface area (Å²) >= 11 is 0. The third-order valence-corrected chi connectivity index (χ3v) is 3.24. The highest BCUT2D eigenvalue weighted by Crippen LogP contribution is 2.18. The third kappa shape index (κ3) is 2.92. The molecule has 0 unspecified atom stereocenters. The van der Waals surface area contributed by atoms with Crippen LogP contribution in [0.25, 0.3) is 0 Å². The van der Waals surface area contributed by atoms with Gasteiger partial charge >= 0.3 is 11.7 Å². The van der Waals surface area contributed by atoms with E-state index in [1.54, 1.807) is 0 Å². The maximum atomic E-state index is 12.0. The largest absolute Gasteiger partial charge is 0.480 e. The summed E-state index contributed by atoms with van der Waals surface area (Å²) in [6.07, 6.45) is 3.57. The van der Waals surface area contributed by atoms with Crippen molar-refractivity contribution in [2.24, 2.45) is 0 Å². The van der Waals surface area contributed by atoms with Crippen LogP contribution >= 0.6 is 0 Å². The van der Waals surface area contributed by atoms with E-state index in [2.05, 4.69) is 5.10 Å². The van der Waals surface area contributed by atoms with Gasteiger partial charge in [-0.2, -0.15) is 5.10 Å². The zero-order chi connectivity index (χ0) is 14.7. The average Bonchev–Trinajstić information content (AvgIpc) is 3.04. The molecule has 1 aliphatic rings. The number of aliphatic carboxylic acids is 1. The van der Waals surface area contributed by atoms with Gasteiger partial charge in [0.15, 0.2) is 0 Å². The highest BCUT2D eigenvalue weighted by Gasteiger charge is 2.33. The zero-order valence-electron chi connectivity index (χ0n) is 10.6. The van der Waals surface area contributed by atoms with E-state index in [-0.39, 0.29) is 24.6 Å². The molecule has 9 heteroatoms. The first-order chi connectivity index (χ1) is 9.49. The molecule has 0 aromatic carbocycles. The van der Waals surface area contributed by atoms with Crippen LogP contribution < -0.4 is 0 Å². The molecule has 1 N–H and O–H groups in total. The van der Waals surface area contributed by atoms with E-state index in [4.69, 9.17) is 5.11 Å². The molecule has 0 bridgehead atoms. The van der Waals surface area contributed by atoms with Gasteiger partial charge in [0.25, 0.3) is 0 Å². The van der Waals surface area contributed by atoms with Gasteiger partial charge in [0.05, 0.1) is 4.92 Å². The standard InChI is InChI=1S/C11H14N4O5/c16-10(14-4-1-2-9(14)11(17)18)3-5-13-7-8(6-12-13)15(19)20/h6-7,9H,1-5H2,(H,17,18)/t9-/m1/s1. The van der Waals surface area contributed by atoms with Crippen LogP contribution in [0.5, 0.6) is 0 Å². The Kier molecular flexibility index (Phi) is 3.97. The van der Waals surface area contributed by atoms with Gasteiger partial charge < -0.3 is 10.0 Å². The Labute approximate surface area is 113 Å². The monoisotopic (exact) mass is 282 g/mol. The highest BCUT2D eigenvalue weighted by atomic mass is 16.6. The summed E-state index contributed by atoms with van der Waals surface area (Å²) in [6, 6.07) is -0.755. The van der Waals surface area contributed by atoms with Crippen LogP contribution in [0.15, 0.2) is 12.4 Å². The number of aryl methyl sites for hydroxylation is 1. The molecule has 1 aliphatic heterocycles. The number of hydrogen-bond donors (Lipinski definition) is 1. The van der Waals surface area contributed by atoms with Crippen LogP contribution in [0.2, 0.25) is 0 Å². The van der Waals surface area contributed by atoms with Crippen molar-refractivity contribution in [3.8, 4) is 0 Å². The lowest BCUT2D eigenvalue weighted by atomic mass is 10.2. The summed E-state index contributed by atoms with van der Waals surface area (Å²) in [6.45, 7) is 0.630. The van der Waals surface area contributed by atoms with Crippen LogP contribution in [-0.4, -0.2) is 49.2 Å². The number of carboxylic acid groups (broad SMARTS) is 1. The Balaban J connectivity index is 1.91. The first-order valence-electron chi connectivity index (χ1n) is 6.18. The van der Waals surface area contributed by atoms with Gasteiger partial charge in [0.1, 0.15) is 18.4 Å². The van der Waals surface area contributed by atoms with Crippen molar-refractivity contribution in [2.75, 3.05) is 6.54 Å². The van der Waals surface area contributed by atoms with Crippen molar-refractivity contribution in [1.29, 1.82) is 0 Å². The average molecular weight is 282 g/mol. The van der Waals surface area contributed by atoms with Gasteiger partial charge in [-0.3, -0.25) is 19.6 Å². The number of nitro groups is 1. The van der Waals surface area contributed by atoms with Crippen molar-refractivity contribution in [3.63, 3.8) is 0 Å². The number of hydrogen-bond acceptors (Lipinski definition) is 5. The van der Waals surface area contributed by atoms with Crippen LogP contribution in [0.3, 0.4) is 0 Å². The molecule has 20 heavy (non-hydrogen) atoms. The molecule has 1 atom stereocenters. The van der Waals surface area contributed by atoms with Crippen LogP contribution in [-0.2, 0) is 16.1 Å². The molecule has 1 amide bonds. The van der Waals surface area contributed by atoms with E-state index in [0.29, 0.717) is 19.4 Å². The van der Waals surface area contributed by atoms with Crippen molar-refractivity contribution in [2.45, 2.75) is 31.8 Å². The Morgan fingerprint density at radius 2 is 2.30 bits per heavy atom. The molecule has 9 nitrogen and oxygen atoms in total. The van der Waals surface area contributed by atoms with Crippen molar-refractivity contribution in [1.82, 2.24) is 14.7 Å². The van der Waals surface area contributed by atoms with Crippen LogP contribution in [0.4, 0.5) is 5.69 Å². The minimum atomic E-state index is -0.995. The highest BCUT2D eigenvalue weighted by molar-refractivity contribution is 5.84. The quantitative estimate of drug-likeness (QED) is 0.611. The first kappa shape index (κ1) is 14.0. The summed E-state index contributed by atoms with van der Waals surface area (Å²) in [5, 5.41) is 23.3. The van der Waals surface area contributed by atoms with Gasteiger partial charge in [-0.25, -0.2) is 4.79 Å². The summed E-state index contributed by atoms with van der Waals surface area (Å²) in [7, 11) is 0. The lowest BCUT2D eigenvalue weighted by Crippen LogP contribution is -2.40. The van der Waals surface area contributed by atoms with E-state index in [1.807, 2.05) is 0 Å². The van der Waals surface area contributed by atoms with E-state index in [1.165, 1.54) is 15.8 Å². The molecular formula is C11H14N4O5. The van der Waals surface area contributed by atoms with Gasteiger partial charge in [-0.05, 0) is 12.8 Å². The summed E-state index contributed by atoms with van der Waals surface area (Å²) in [4.78, 5) is 34.2. The summed E-state index contributed by atoms with van der Waals surface area (Å²) < 4.78 is 1.31. The van der Waals surface area contributed by atoms with Gasteiger partial charge in [0, 0.05) is 19.5 Å². The van der Waals surface area contributed by atoms with E-state index >= 15 is 0 Å². The minimum absolute atomic E-state index is 0.0720. The molecule has 1 aromatic rings. The fourth-order valence-electron chi connectivity index (χ4n) is 2.24. The lowest BCUT2D eigenvalue weighted by Gasteiger charge is -2.21. The molecule has 1 saturated heterocycles. The van der Waals surface area contributed by atoms with Crippen LogP contribution in [0.1, 0.15) is 19.3 Å². The Bertz CT molecular complexity index is 541. The van der Waals surface area contributed by atoms with E-state index in [0.717, 1.165) is 6.20 Å². The van der Waals surface area contributed by atoms with Crippen molar-refractivity contribution in [3.05, 3.63) is 22.5 Å². The van der Waals surface area contributed by atoms with E-state index < -0.39 is 16.9 Å². The number of carboxylic acids is 1. The number of nitrogens with zero attached hydrogens (tertiary/aromatic N) is 4. The van der Waals surface area contributed by atoms with Gasteiger partial charge in [-0.1, -0.05) is 0 Å². The second kappa shape index (κ2) is 5.68. The second-order valence-electron chi connectivity index (χ2n) is 4.55. The van der Waals surface area contributed by atoms with Crippen molar-refractivity contribution < 1.29 is 19.6 Å². The number of likely N-dealkylation sites (tertiary alicyclic amines) is 1. The number of amides is 1. The number of rotatable bonds is 5. The van der Waals surface area contributed by atoms with Gasteiger partial charge in [0.2, 0.25) is 5.91 Å². The Morgan fingerprint density at radius 3 is 2.90 bits per heavy atom. The maximum Gasteiger partial charge on any atom is 0.326 e. The van der Waals surface area contributed by atoms with Crippen LogP contribution in [0, 0.1) is 10.1 Å². The molecule has 2 rings (SSSR count). The number of carbonyl (C=O) groups excluding carboxylic acids is 1. The fraction of sp³-hybridized carbons (Fsp3) is 0.545. The third-order valence-electron chi connectivity index (χ3n) is 3.24. The van der Waals surface area contributed by atoms with Crippen molar-refractivity contribution >= 4 is 17.6 Å². The number of carbonyl (C=O) groups is 2. The molecule has 108 valence electrons. The lowest BCUT2D eigenvalue weighted by molar-refractivity contribution is -0.385. The molecule has 0 aliphatic carbocycles. The molecule has 2 heterocycles. The molecular weight excluding hydrogens is 268 g/mol. The minimum Gasteiger partial charge on any atom is -0.480 e. The maximum absolute atomic E-state index is 12.0. The Morgan fingerprint density at radius 1 is 1.55 bits per heavy atom. The van der Waals surface area contributed by atoms with Gasteiger partial charge in [-0.15, -0.1) is 0 Å². The zero-order valence-corrected chi connectivity index (χ0v) is 10.6. The predicted molar refractivity (Wildman–Crippen MR) is 65.9 cm³/mol. The molecule has 1 fully saturated rings. The summed E-state index contributed by atoms with van der Waals surface area (Å²) in [5.74, 6) is -1.27. The predicted octanol–water partition coefficient (Wildman–Crippen LogP) is 0.257. The molecule has 0 saturated carbocycles. The van der Waals surface area contributed by atoms with E-state index in [9.17, 15) is 19.7 Å². The SMILES string of the molecule is O=C(O)[C@H]1CCCN1C(=O)CCn1cc([N+](=O)[O-])cn1. The molecule has 0 spiro atoms. The normalized spacial score (nSPS) is 18.2.